The normalized spacial score (nSPS) is 24.1. The molecular formula is C14H22N4O. The number of amides is 1. The number of nitrogens with zero attached hydrogens (tertiary/aromatic N) is 1. The molecule has 2 atom stereocenters. The van der Waals surface area contributed by atoms with Crippen LogP contribution in [0.4, 0.5) is 11.4 Å². The fourth-order valence-electron chi connectivity index (χ4n) is 2.53. The van der Waals surface area contributed by atoms with Crippen molar-refractivity contribution in [3.8, 4) is 0 Å². The molecule has 0 bridgehead atoms. The number of rotatable bonds is 3. The summed E-state index contributed by atoms with van der Waals surface area (Å²) in [6.07, 6.45) is 2.11. The lowest BCUT2D eigenvalue weighted by Gasteiger charge is -2.36. The van der Waals surface area contributed by atoms with Gasteiger partial charge in [-0.3, -0.25) is 4.79 Å². The van der Waals surface area contributed by atoms with Crippen molar-refractivity contribution in [2.75, 3.05) is 24.6 Å². The molecule has 104 valence electrons. The number of carbonyl (C=O) groups excluding carboxylic acids is 1. The van der Waals surface area contributed by atoms with E-state index in [2.05, 4.69) is 24.2 Å². The zero-order valence-electron chi connectivity index (χ0n) is 11.5. The topological polar surface area (TPSA) is 84.4 Å². The maximum atomic E-state index is 11.5. The van der Waals surface area contributed by atoms with Gasteiger partial charge in [-0.15, -0.1) is 0 Å². The third-order valence-electron chi connectivity index (χ3n) is 3.88. The number of nitrogens with two attached hydrogens (primary N) is 2. The smallest absolute Gasteiger partial charge is 0.250 e. The summed E-state index contributed by atoms with van der Waals surface area (Å²) < 4.78 is 0. The van der Waals surface area contributed by atoms with Crippen molar-refractivity contribution in [3.05, 3.63) is 23.8 Å². The highest BCUT2D eigenvalue weighted by Gasteiger charge is 2.23. The average Bonchev–Trinajstić information content (AvgIpc) is 2.36. The van der Waals surface area contributed by atoms with Gasteiger partial charge in [0.15, 0.2) is 0 Å². The van der Waals surface area contributed by atoms with E-state index in [1.54, 1.807) is 12.1 Å². The second kappa shape index (κ2) is 5.48. The van der Waals surface area contributed by atoms with Gasteiger partial charge in [0, 0.05) is 30.0 Å². The average molecular weight is 262 g/mol. The summed E-state index contributed by atoms with van der Waals surface area (Å²) in [6.45, 7) is 3.27. The summed E-state index contributed by atoms with van der Waals surface area (Å²) in [5, 5.41) is 3.43. The van der Waals surface area contributed by atoms with Crippen molar-refractivity contribution < 1.29 is 4.79 Å². The number of hydrogen-bond acceptors (Lipinski definition) is 4. The van der Waals surface area contributed by atoms with Gasteiger partial charge in [0.05, 0.1) is 5.56 Å². The van der Waals surface area contributed by atoms with Crippen LogP contribution in [-0.2, 0) is 0 Å². The Kier molecular flexibility index (Phi) is 3.95. The van der Waals surface area contributed by atoms with E-state index in [-0.39, 0.29) is 0 Å². The molecule has 0 aromatic heterocycles. The third-order valence-corrected chi connectivity index (χ3v) is 3.88. The molecular weight excluding hydrogens is 240 g/mol. The molecule has 5 nitrogen and oxygen atoms in total. The standard InChI is InChI=1S/C14H22N4O/c1-9-7-11(5-6-18(9)2)17-13-4-3-10(15)8-12(13)14(16)19/h3-4,8-9,11,17H,5-7,15H2,1-2H3,(H2,16,19). The Morgan fingerprint density at radius 3 is 2.84 bits per heavy atom. The van der Waals surface area contributed by atoms with E-state index >= 15 is 0 Å². The highest BCUT2D eigenvalue weighted by molar-refractivity contribution is 5.99. The largest absolute Gasteiger partial charge is 0.399 e. The van der Waals surface area contributed by atoms with E-state index in [1.165, 1.54) is 0 Å². The fraction of sp³-hybridized carbons (Fsp3) is 0.500. The van der Waals surface area contributed by atoms with Gasteiger partial charge in [-0.1, -0.05) is 0 Å². The number of hydrogen-bond donors (Lipinski definition) is 3. The Labute approximate surface area is 113 Å². The van der Waals surface area contributed by atoms with Gasteiger partial charge < -0.3 is 21.7 Å². The number of primary amides is 1. The molecule has 0 spiro atoms. The molecule has 5 N–H and O–H groups in total. The van der Waals surface area contributed by atoms with Gasteiger partial charge in [0.2, 0.25) is 0 Å². The van der Waals surface area contributed by atoms with E-state index in [0.29, 0.717) is 23.3 Å². The highest BCUT2D eigenvalue weighted by Crippen LogP contribution is 2.23. The first-order chi connectivity index (χ1) is 8.97. The lowest BCUT2D eigenvalue weighted by Crippen LogP contribution is -2.42. The van der Waals surface area contributed by atoms with Gasteiger partial charge in [-0.2, -0.15) is 0 Å². The van der Waals surface area contributed by atoms with Gasteiger partial charge in [0.25, 0.3) is 5.91 Å². The summed E-state index contributed by atoms with van der Waals surface area (Å²) in [6, 6.07) is 6.15. The minimum atomic E-state index is -0.448. The minimum absolute atomic E-state index is 0.368. The van der Waals surface area contributed by atoms with Crippen LogP contribution in [0.15, 0.2) is 18.2 Å². The molecule has 1 aromatic carbocycles. The van der Waals surface area contributed by atoms with Gasteiger partial charge in [-0.05, 0) is 45.0 Å². The lowest BCUT2D eigenvalue weighted by molar-refractivity contribution is 0.100. The van der Waals surface area contributed by atoms with Crippen molar-refractivity contribution >= 4 is 17.3 Å². The Bertz CT molecular complexity index is 475. The van der Waals surface area contributed by atoms with Gasteiger partial charge >= 0.3 is 0 Å². The highest BCUT2D eigenvalue weighted by atomic mass is 16.1. The molecule has 1 saturated heterocycles. The first kappa shape index (κ1) is 13.7. The molecule has 19 heavy (non-hydrogen) atoms. The number of likely N-dealkylation sites (tertiary alicyclic amines) is 1. The molecule has 1 amide bonds. The number of nitrogens with one attached hydrogen (secondary N) is 1. The quantitative estimate of drug-likeness (QED) is 0.716. The van der Waals surface area contributed by atoms with Crippen LogP contribution in [0.5, 0.6) is 0 Å². The molecule has 1 aliphatic heterocycles. The molecule has 1 aromatic rings. The van der Waals surface area contributed by atoms with Crippen LogP contribution < -0.4 is 16.8 Å². The first-order valence-electron chi connectivity index (χ1n) is 6.63. The molecule has 2 unspecified atom stereocenters. The predicted molar refractivity (Wildman–Crippen MR) is 78.1 cm³/mol. The first-order valence-corrected chi connectivity index (χ1v) is 6.63. The molecule has 0 radical (unpaired) electrons. The number of piperidine rings is 1. The van der Waals surface area contributed by atoms with E-state index in [0.717, 1.165) is 25.1 Å². The van der Waals surface area contributed by atoms with Crippen LogP contribution in [0, 0.1) is 0 Å². The molecule has 1 aliphatic rings. The maximum absolute atomic E-state index is 11.5. The van der Waals surface area contributed by atoms with Crippen LogP contribution in [0.2, 0.25) is 0 Å². The summed E-state index contributed by atoms with van der Waals surface area (Å²) in [5.41, 5.74) is 12.9. The summed E-state index contributed by atoms with van der Waals surface area (Å²) in [7, 11) is 2.14. The van der Waals surface area contributed by atoms with Crippen LogP contribution in [-0.4, -0.2) is 36.5 Å². The van der Waals surface area contributed by atoms with Crippen LogP contribution in [0.1, 0.15) is 30.1 Å². The Balaban J connectivity index is 2.13. The Morgan fingerprint density at radius 2 is 2.21 bits per heavy atom. The molecule has 0 aliphatic carbocycles. The fourth-order valence-corrected chi connectivity index (χ4v) is 2.53. The number of benzene rings is 1. The zero-order valence-corrected chi connectivity index (χ0v) is 11.5. The van der Waals surface area contributed by atoms with E-state index in [1.807, 2.05) is 6.07 Å². The second-order valence-corrected chi connectivity index (χ2v) is 5.36. The molecule has 1 fully saturated rings. The van der Waals surface area contributed by atoms with Gasteiger partial charge in [-0.25, -0.2) is 0 Å². The van der Waals surface area contributed by atoms with Crippen LogP contribution in [0.25, 0.3) is 0 Å². The van der Waals surface area contributed by atoms with Crippen molar-refractivity contribution in [1.29, 1.82) is 0 Å². The Hall–Kier alpha value is -1.75. The maximum Gasteiger partial charge on any atom is 0.250 e. The van der Waals surface area contributed by atoms with Crippen molar-refractivity contribution in [2.24, 2.45) is 5.73 Å². The monoisotopic (exact) mass is 262 g/mol. The van der Waals surface area contributed by atoms with E-state index in [4.69, 9.17) is 11.5 Å². The zero-order chi connectivity index (χ0) is 14.0. The van der Waals surface area contributed by atoms with Crippen LogP contribution in [0.3, 0.4) is 0 Å². The number of nitrogen functional groups attached to an aromatic ring is 1. The minimum Gasteiger partial charge on any atom is -0.399 e. The molecule has 2 rings (SSSR count). The Morgan fingerprint density at radius 1 is 1.47 bits per heavy atom. The lowest BCUT2D eigenvalue weighted by atomic mass is 9.98. The number of carbonyl (C=O) groups is 1. The SMILES string of the molecule is CC1CC(Nc2ccc(N)cc2C(N)=O)CCN1C. The van der Waals surface area contributed by atoms with E-state index < -0.39 is 5.91 Å². The summed E-state index contributed by atoms with van der Waals surface area (Å²) >= 11 is 0. The predicted octanol–water partition coefficient (Wildman–Crippen LogP) is 1.26. The van der Waals surface area contributed by atoms with E-state index in [9.17, 15) is 4.79 Å². The number of anilines is 2. The summed E-state index contributed by atoms with van der Waals surface area (Å²) in [4.78, 5) is 13.8. The van der Waals surface area contributed by atoms with Crippen molar-refractivity contribution in [2.45, 2.75) is 31.8 Å². The molecule has 5 heteroatoms. The van der Waals surface area contributed by atoms with Crippen molar-refractivity contribution in [1.82, 2.24) is 4.90 Å². The molecule has 0 saturated carbocycles. The second-order valence-electron chi connectivity index (χ2n) is 5.36. The third kappa shape index (κ3) is 3.17. The van der Waals surface area contributed by atoms with Gasteiger partial charge in [0.1, 0.15) is 0 Å². The summed E-state index contributed by atoms with van der Waals surface area (Å²) in [5.74, 6) is -0.448. The molecule has 1 heterocycles. The van der Waals surface area contributed by atoms with Crippen molar-refractivity contribution in [3.63, 3.8) is 0 Å². The van der Waals surface area contributed by atoms with Crippen LogP contribution >= 0.6 is 0 Å².